The Hall–Kier alpha value is -2.46. The summed E-state index contributed by atoms with van der Waals surface area (Å²) in [5.74, 6) is -0.347. The molecule has 2 rings (SSSR count). The van der Waals surface area contributed by atoms with Crippen molar-refractivity contribution < 1.29 is 40.7 Å². The molecule has 1 heterocycles. The van der Waals surface area contributed by atoms with Gasteiger partial charge in [0, 0.05) is 19.6 Å². The van der Waals surface area contributed by atoms with Crippen molar-refractivity contribution in [1.82, 2.24) is 10.2 Å². The number of likely N-dealkylation sites (tertiary alicyclic amines) is 1. The minimum Gasteiger partial charge on any atom is -0.426 e. The first-order valence-corrected chi connectivity index (χ1v) is 8.36. The van der Waals surface area contributed by atoms with E-state index >= 15 is 0 Å². The van der Waals surface area contributed by atoms with Crippen LogP contribution in [0.1, 0.15) is 12.0 Å². The Morgan fingerprint density at radius 1 is 1.07 bits per heavy atom. The number of benzene rings is 1. The van der Waals surface area contributed by atoms with Gasteiger partial charge in [-0.05, 0) is 17.9 Å². The minimum atomic E-state index is -5.73. The fraction of sp³-hybridized carbons (Fsp3) is 0.529. The Labute approximate surface area is 156 Å². The Morgan fingerprint density at radius 2 is 1.64 bits per heavy atom. The predicted octanol–water partition coefficient (Wildman–Crippen LogP) is 3.30. The molecule has 5 nitrogen and oxygen atoms in total. The molecule has 1 N–H and O–H groups in total. The second kappa shape index (κ2) is 8.70. The Bertz CT molecular complexity index is 658. The van der Waals surface area contributed by atoms with Gasteiger partial charge in [-0.2, -0.15) is 26.3 Å². The highest BCUT2D eigenvalue weighted by atomic mass is 19.4. The molecule has 1 saturated heterocycles. The maximum Gasteiger partial charge on any atom is 0.434 e. The molecule has 11 heteroatoms. The number of ether oxygens (including phenoxy) is 1. The summed E-state index contributed by atoms with van der Waals surface area (Å²) in [6.45, 7) is 0.221. The zero-order valence-corrected chi connectivity index (χ0v) is 14.5. The van der Waals surface area contributed by atoms with E-state index in [2.05, 4.69) is 10.1 Å². The highest BCUT2D eigenvalue weighted by Gasteiger charge is 2.60. The van der Waals surface area contributed by atoms with Crippen molar-refractivity contribution in [2.45, 2.75) is 31.3 Å². The van der Waals surface area contributed by atoms with Crippen molar-refractivity contribution in [2.24, 2.45) is 5.92 Å². The number of rotatable bonds is 6. The van der Waals surface area contributed by atoms with Gasteiger partial charge in [0.1, 0.15) is 0 Å². The van der Waals surface area contributed by atoms with Crippen LogP contribution < -0.4 is 5.32 Å². The van der Waals surface area contributed by atoms with Crippen LogP contribution in [0, 0.1) is 5.92 Å². The molecular formula is C17H18F6N2O3. The Morgan fingerprint density at radius 3 is 2.18 bits per heavy atom. The normalized spacial score (nSPS) is 15.3. The van der Waals surface area contributed by atoms with E-state index in [0.29, 0.717) is 6.42 Å². The summed E-state index contributed by atoms with van der Waals surface area (Å²) < 4.78 is 77.9. The zero-order chi connectivity index (χ0) is 20.9. The van der Waals surface area contributed by atoms with Gasteiger partial charge in [-0.25, -0.2) is 4.79 Å². The topological polar surface area (TPSA) is 58.6 Å². The smallest absolute Gasteiger partial charge is 0.426 e. The molecule has 0 aliphatic carbocycles. The third-order valence-corrected chi connectivity index (χ3v) is 4.11. The van der Waals surface area contributed by atoms with Crippen LogP contribution in [0.15, 0.2) is 30.3 Å². The quantitative estimate of drug-likeness (QED) is 0.730. The summed E-state index contributed by atoms with van der Waals surface area (Å²) in [4.78, 5) is 24.0. The van der Waals surface area contributed by atoms with Crippen LogP contribution >= 0.6 is 0 Å². The van der Waals surface area contributed by atoms with E-state index in [-0.39, 0.29) is 37.9 Å². The highest BCUT2D eigenvalue weighted by molar-refractivity contribution is 5.78. The van der Waals surface area contributed by atoms with Crippen LogP contribution in [0.4, 0.5) is 31.1 Å². The maximum atomic E-state index is 12.4. The number of hydrogen-bond acceptors (Lipinski definition) is 3. The predicted molar refractivity (Wildman–Crippen MR) is 85.2 cm³/mol. The van der Waals surface area contributed by atoms with Gasteiger partial charge in [0.15, 0.2) is 0 Å². The van der Waals surface area contributed by atoms with E-state index in [1.54, 1.807) is 24.3 Å². The number of nitrogens with zero attached hydrogens (tertiary/aromatic N) is 1. The Balaban J connectivity index is 1.68. The average molecular weight is 412 g/mol. The summed E-state index contributed by atoms with van der Waals surface area (Å²) in [7, 11) is 0. The van der Waals surface area contributed by atoms with E-state index < -0.39 is 24.5 Å². The SMILES string of the molecule is O=C(Cc1ccccc1)NCCC1CN(C(=O)OC(C(F)(F)F)C(F)(F)F)C1. The largest absolute Gasteiger partial charge is 0.434 e. The van der Waals surface area contributed by atoms with E-state index in [4.69, 9.17) is 0 Å². The zero-order valence-electron chi connectivity index (χ0n) is 14.5. The molecule has 1 aromatic rings. The molecule has 0 saturated carbocycles. The lowest BCUT2D eigenvalue weighted by molar-refractivity contribution is -0.309. The van der Waals surface area contributed by atoms with Crippen LogP contribution in [-0.4, -0.2) is 55.0 Å². The molecule has 28 heavy (non-hydrogen) atoms. The second-order valence-corrected chi connectivity index (χ2v) is 6.42. The van der Waals surface area contributed by atoms with Gasteiger partial charge in [-0.3, -0.25) is 4.79 Å². The lowest BCUT2D eigenvalue weighted by Crippen LogP contribution is -2.54. The van der Waals surface area contributed by atoms with Crippen LogP contribution in [-0.2, 0) is 16.0 Å². The van der Waals surface area contributed by atoms with Crippen molar-refractivity contribution in [3.05, 3.63) is 35.9 Å². The van der Waals surface area contributed by atoms with E-state index in [1.165, 1.54) is 0 Å². The van der Waals surface area contributed by atoms with Gasteiger partial charge in [0.2, 0.25) is 5.91 Å². The van der Waals surface area contributed by atoms with Crippen LogP contribution in [0.3, 0.4) is 0 Å². The first-order chi connectivity index (χ1) is 13.0. The summed E-state index contributed by atoms with van der Waals surface area (Å²) in [6.07, 6.45) is -16.7. The molecule has 0 bridgehead atoms. The van der Waals surface area contributed by atoms with Gasteiger partial charge >= 0.3 is 18.4 Å². The molecule has 1 aromatic carbocycles. The van der Waals surface area contributed by atoms with Gasteiger partial charge in [-0.1, -0.05) is 30.3 Å². The van der Waals surface area contributed by atoms with Gasteiger partial charge < -0.3 is 15.0 Å². The van der Waals surface area contributed by atoms with Gasteiger partial charge in [-0.15, -0.1) is 0 Å². The number of alkyl halides is 6. The summed E-state index contributed by atoms with van der Waals surface area (Å²) >= 11 is 0. The van der Waals surface area contributed by atoms with E-state index in [9.17, 15) is 35.9 Å². The lowest BCUT2D eigenvalue weighted by Gasteiger charge is -2.39. The van der Waals surface area contributed by atoms with Crippen molar-refractivity contribution in [1.29, 1.82) is 0 Å². The number of amides is 2. The third-order valence-electron chi connectivity index (χ3n) is 4.11. The van der Waals surface area contributed by atoms with Gasteiger partial charge in [0.05, 0.1) is 6.42 Å². The van der Waals surface area contributed by atoms with Crippen molar-refractivity contribution in [3.8, 4) is 0 Å². The standard InChI is InChI=1S/C17H18F6N2O3/c18-16(19,20)14(17(21,22)23)28-15(27)25-9-12(10-25)6-7-24-13(26)8-11-4-2-1-3-5-11/h1-5,12,14H,6-10H2,(H,24,26). The first-order valence-electron chi connectivity index (χ1n) is 8.36. The molecule has 0 aromatic heterocycles. The first kappa shape index (κ1) is 21.8. The summed E-state index contributed by atoms with van der Waals surface area (Å²) in [6, 6.07) is 9.01. The molecule has 0 radical (unpaired) electrons. The minimum absolute atomic E-state index is 0.0319. The fourth-order valence-corrected chi connectivity index (χ4v) is 2.66. The van der Waals surface area contributed by atoms with Crippen LogP contribution in [0.25, 0.3) is 0 Å². The van der Waals surface area contributed by atoms with Crippen molar-refractivity contribution in [3.63, 3.8) is 0 Å². The second-order valence-electron chi connectivity index (χ2n) is 6.42. The molecule has 0 atom stereocenters. The average Bonchev–Trinajstić information content (AvgIpc) is 2.53. The van der Waals surface area contributed by atoms with Gasteiger partial charge in [0.25, 0.3) is 6.10 Å². The van der Waals surface area contributed by atoms with Crippen molar-refractivity contribution in [2.75, 3.05) is 19.6 Å². The molecular weight excluding hydrogens is 394 g/mol. The number of hydrogen-bond donors (Lipinski definition) is 1. The molecule has 1 aliphatic rings. The number of carbonyl (C=O) groups is 2. The molecule has 1 fully saturated rings. The number of halogens is 6. The summed E-state index contributed by atoms with van der Waals surface area (Å²) in [5.41, 5.74) is 0.835. The molecule has 0 unspecified atom stereocenters. The monoisotopic (exact) mass is 412 g/mol. The van der Waals surface area contributed by atoms with E-state index in [0.717, 1.165) is 10.5 Å². The van der Waals surface area contributed by atoms with Crippen molar-refractivity contribution >= 4 is 12.0 Å². The molecule has 1 aliphatic heterocycles. The fourth-order valence-electron chi connectivity index (χ4n) is 2.66. The number of carbonyl (C=O) groups excluding carboxylic acids is 2. The van der Waals surface area contributed by atoms with E-state index in [1.807, 2.05) is 6.07 Å². The molecule has 0 spiro atoms. The maximum absolute atomic E-state index is 12.4. The molecule has 156 valence electrons. The highest BCUT2D eigenvalue weighted by Crippen LogP contribution is 2.36. The lowest BCUT2D eigenvalue weighted by atomic mass is 9.97. The van der Waals surface area contributed by atoms with Crippen LogP contribution in [0.5, 0.6) is 0 Å². The summed E-state index contributed by atoms with van der Waals surface area (Å²) in [5, 5.41) is 2.68. The number of nitrogens with one attached hydrogen (secondary N) is 1. The Kier molecular flexibility index (Phi) is 6.78. The molecule has 2 amide bonds. The van der Waals surface area contributed by atoms with Crippen LogP contribution in [0.2, 0.25) is 0 Å². The third kappa shape index (κ3) is 6.31.